The monoisotopic (exact) mass is 220 g/mol. The molecule has 1 aromatic heterocycles. The highest BCUT2D eigenvalue weighted by atomic mass is 35.5. The summed E-state index contributed by atoms with van der Waals surface area (Å²) in [5.74, 6) is 0.243. The molecule has 0 unspecified atom stereocenters. The van der Waals surface area contributed by atoms with Gasteiger partial charge in [0.2, 0.25) is 0 Å². The molecule has 0 amide bonds. The Balaban J connectivity index is 2.45. The van der Waals surface area contributed by atoms with Crippen molar-refractivity contribution in [3.63, 3.8) is 0 Å². The number of hydrogen-bond acceptors (Lipinski definition) is 4. The van der Waals surface area contributed by atoms with Crippen molar-refractivity contribution < 1.29 is 0 Å². The number of hydrogen-bond donors (Lipinski definition) is 2. The fraction of sp³-hybridized carbons (Fsp3) is 0. The summed E-state index contributed by atoms with van der Waals surface area (Å²) in [6.07, 6.45) is 0. The second kappa shape index (κ2) is 3.74. The second-order valence-electron chi connectivity index (χ2n) is 3.08. The van der Waals surface area contributed by atoms with Gasteiger partial charge in [-0.15, -0.1) is 10.2 Å². The molecule has 15 heavy (non-hydrogen) atoms. The molecular formula is C10H9ClN4. The van der Waals surface area contributed by atoms with Crippen molar-refractivity contribution in [3.8, 4) is 11.3 Å². The van der Waals surface area contributed by atoms with Crippen LogP contribution < -0.4 is 11.5 Å². The largest absolute Gasteiger partial charge is 0.396 e. The summed E-state index contributed by atoms with van der Waals surface area (Å²) in [4.78, 5) is 0. The van der Waals surface area contributed by atoms with E-state index in [1.165, 1.54) is 0 Å². The van der Waals surface area contributed by atoms with Gasteiger partial charge in [-0.1, -0.05) is 23.7 Å². The molecule has 0 aliphatic carbocycles. The van der Waals surface area contributed by atoms with Crippen molar-refractivity contribution in [2.75, 3.05) is 11.5 Å². The summed E-state index contributed by atoms with van der Waals surface area (Å²) in [5.41, 5.74) is 13.1. The molecule has 1 heterocycles. The van der Waals surface area contributed by atoms with Crippen LogP contribution in [0, 0.1) is 0 Å². The summed E-state index contributed by atoms with van der Waals surface area (Å²) < 4.78 is 0. The third kappa shape index (κ3) is 1.99. The summed E-state index contributed by atoms with van der Waals surface area (Å²) in [5, 5.41) is 8.36. The predicted octanol–water partition coefficient (Wildman–Crippen LogP) is 1.96. The van der Waals surface area contributed by atoms with Crippen LogP contribution in [0.5, 0.6) is 0 Å². The van der Waals surface area contributed by atoms with Crippen molar-refractivity contribution in [2.45, 2.75) is 0 Å². The molecule has 0 aliphatic heterocycles. The van der Waals surface area contributed by atoms with E-state index in [0.29, 0.717) is 16.4 Å². The number of nitrogens with two attached hydrogens (primary N) is 2. The zero-order chi connectivity index (χ0) is 10.8. The van der Waals surface area contributed by atoms with E-state index in [1.54, 1.807) is 18.2 Å². The van der Waals surface area contributed by atoms with Crippen LogP contribution in [0.3, 0.4) is 0 Å². The van der Waals surface area contributed by atoms with Gasteiger partial charge in [-0.3, -0.25) is 0 Å². The minimum atomic E-state index is 0.243. The number of rotatable bonds is 1. The molecule has 0 radical (unpaired) electrons. The average molecular weight is 221 g/mol. The lowest BCUT2D eigenvalue weighted by molar-refractivity contribution is 1.05. The van der Waals surface area contributed by atoms with Crippen LogP contribution in [0.1, 0.15) is 0 Å². The number of aromatic nitrogens is 2. The first-order chi connectivity index (χ1) is 7.16. The lowest BCUT2D eigenvalue weighted by Crippen LogP contribution is -2.00. The van der Waals surface area contributed by atoms with Gasteiger partial charge in [0.15, 0.2) is 5.82 Å². The van der Waals surface area contributed by atoms with E-state index in [2.05, 4.69) is 10.2 Å². The zero-order valence-corrected chi connectivity index (χ0v) is 8.57. The molecule has 5 heteroatoms. The Morgan fingerprint density at radius 3 is 2.27 bits per heavy atom. The van der Waals surface area contributed by atoms with Gasteiger partial charge in [0, 0.05) is 10.6 Å². The Hall–Kier alpha value is -1.81. The normalized spacial score (nSPS) is 10.2. The summed E-state index contributed by atoms with van der Waals surface area (Å²) >= 11 is 5.77. The molecule has 76 valence electrons. The molecule has 2 rings (SSSR count). The molecule has 0 bridgehead atoms. The maximum atomic E-state index is 5.77. The molecule has 2 aromatic rings. The van der Waals surface area contributed by atoms with Gasteiger partial charge in [0.25, 0.3) is 0 Å². The van der Waals surface area contributed by atoms with Crippen molar-refractivity contribution in [1.82, 2.24) is 10.2 Å². The van der Waals surface area contributed by atoms with E-state index in [4.69, 9.17) is 23.1 Å². The Labute approximate surface area is 91.9 Å². The maximum Gasteiger partial charge on any atom is 0.169 e. The van der Waals surface area contributed by atoms with Crippen LogP contribution >= 0.6 is 11.6 Å². The molecule has 0 spiro atoms. The van der Waals surface area contributed by atoms with Crippen LogP contribution in [-0.4, -0.2) is 10.2 Å². The van der Waals surface area contributed by atoms with Crippen molar-refractivity contribution in [1.29, 1.82) is 0 Å². The van der Waals surface area contributed by atoms with Crippen LogP contribution in [0.4, 0.5) is 11.5 Å². The highest BCUT2D eigenvalue weighted by Gasteiger charge is 2.03. The Morgan fingerprint density at radius 2 is 1.67 bits per heavy atom. The zero-order valence-electron chi connectivity index (χ0n) is 7.81. The summed E-state index contributed by atoms with van der Waals surface area (Å²) in [6.45, 7) is 0. The fourth-order valence-electron chi connectivity index (χ4n) is 1.18. The highest BCUT2D eigenvalue weighted by Crippen LogP contribution is 2.22. The number of nitrogens with zero attached hydrogens (tertiary/aromatic N) is 2. The van der Waals surface area contributed by atoms with Gasteiger partial charge in [-0.25, -0.2) is 0 Å². The first-order valence-electron chi connectivity index (χ1n) is 4.31. The van der Waals surface area contributed by atoms with Crippen molar-refractivity contribution >= 4 is 23.1 Å². The van der Waals surface area contributed by atoms with Gasteiger partial charge in [0.05, 0.1) is 11.4 Å². The van der Waals surface area contributed by atoms with E-state index >= 15 is 0 Å². The minimum Gasteiger partial charge on any atom is -0.396 e. The van der Waals surface area contributed by atoms with Crippen molar-refractivity contribution in [2.24, 2.45) is 0 Å². The van der Waals surface area contributed by atoms with Gasteiger partial charge >= 0.3 is 0 Å². The quantitative estimate of drug-likeness (QED) is 0.770. The van der Waals surface area contributed by atoms with Gasteiger partial charge in [0.1, 0.15) is 0 Å². The molecule has 4 N–H and O–H groups in total. The van der Waals surface area contributed by atoms with E-state index in [0.717, 1.165) is 5.56 Å². The third-order valence-corrected chi connectivity index (χ3v) is 2.25. The molecule has 1 aromatic carbocycles. The summed E-state index contributed by atoms with van der Waals surface area (Å²) in [7, 11) is 0. The molecule has 0 aliphatic rings. The lowest BCUT2D eigenvalue weighted by Gasteiger charge is -2.02. The van der Waals surface area contributed by atoms with E-state index in [9.17, 15) is 0 Å². The van der Waals surface area contributed by atoms with E-state index < -0.39 is 0 Å². The maximum absolute atomic E-state index is 5.77. The predicted molar refractivity (Wildman–Crippen MR) is 61.3 cm³/mol. The van der Waals surface area contributed by atoms with Crippen LogP contribution in [0.2, 0.25) is 5.02 Å². The first-order valence-corrected chi connectivity index (χ1v) is 4.69. The van der Waals surface area contributed by atoms with E-state index in [-0.39, 0.29) is 5.82 Å². The Bertz CT molecular complexity index is 481. The SMILES string of the molecule is Nc1cc(-c2ccc(Cl)cc2)nnc1N. The Kier molecular flexibility index (Phi) is 2.43. The number of nitrogen functional groups attached to an aromatic ring is 2. The molecule has 0 fully saturated rings. The van der Waals surface area contributed by atoms with Gasteiger partial charge in [-0.2, -0.15) is 0 Å². The Morgan fingerprint density at radius 1 is 1.00 bits per heavy atom. The molecular weight excluding hydrogens is 212 g/mol. The number of anilines is 2. The first kappa shape index (κ1) is 9.73. The number of benzene rings is 1. The molecule has 0 saturated heterocycles. The van der Waals surface area contributed by atoms with Gasteiger partial charge in [-0.05, 0) is 18.2 Å². The van der Waals surface area contributed by atoms with Crippen LogP contribution in [0.25, 0.3) is 11.3 Å². The highest BCUT2D eigenvalue weighted by molar-refractivity contribution is 6.30. The van der Waals surface area contributed by atoms with Crippen molar-refractivity contribution in [3.05, 3.63) is 35.4 Å². The van der Waals surface area contributed by atoms with Gasteiger partial charge < -0.3 is 11.5 Å². The third-order valence-electron chi connectivity index (χ3n) is 1.99. The fourth-order valence-corrected chi connectivity index (χ4v) is 1.30. The lowest BCUT2D eigenvalue weighted by atomic mass is 10.1. The standard InChI is InChI=1S/C10H9ClN4/c11-7-3-1-6(2-4-7)9-5-8(12)10(13)15-14-9/h1-5H,(H2,12,14)(H2,13,15). The average Bonchev–Trinajstić information content (AvgIpc) is 2.23. The minimum absolute atomic E-state index is 0.243. The number of halogens is 1. The topological polar surface area (TPSA) is 77.8 Å². The second-order valence-corrected chi connectivity index (χ2v) is 3.51. The summed E-state index contributed by atoms with van der Waals surface area (Å²) in [6, 6.07) is 8.95. The van der Waals surface area contributed by atoms with Crippen LogP contribution in [0.15, 0.2) is 30.3 Å². The van der Waals surface area contributed by atoms with Crippen LogP contribution in [-0.2, 0) is 0 Å². The molecule has 4 nitrogen and oxygen atoms in total. The van der Waals surface area contributed by atoms with E-state index in [1.807, 2.05) is 12.1 Å². The molecule has 0 atom stereocenters. The molecule has 0 saturated carbocycles. The smallest absolute Gasteiger partial charge is 0.169 e.